The van der Waals surface area contributed by atoms with Crippen molar-refractivity contribution in [2.75, 3.05) is 0 Å². The Kier molecular flexibility index (Phi) is 3.34. The average Bonchev–Trinajstić information content (AvgIpc) is 2.51. The van der Waals surface area contributed by atoms with Gasteiger partial charge in [0, 0.05) is 5.56 Å². The Bertz CT molecular complexity index is 772. The van der Waals surface area contributed by atoms with Crippen LogP contribution in [0.5, 0.6) is 0 Å². The van der Waals surface area contributed by atoms with Gasteiger partial charge in [-0.05, 0) is 40.8 Å². The molecule has 0 atom stereocenters. The first kappa shape index (κ1) is 12.6. The second-order valence-electron chi connectivity index (χ2n) is 5.06. The molecule has 20 heavy (non-hydrogen) atoms. The molecule has 3 aromatic rings. The van der Waals surface area contributed by atoms with E-state index >= 15 is 0 Å². The largest absolute Gasteiger partial charge is 0.298 e. The van der Waals surface area contributed by atoms with E-state index in [0.717, 1.165) is 23.8 Å². The zero-order valence-corrected chi connectivity index (χ0v) is 11.5. The molecule has 0 bridgehead atoms. The fourth-order valence-corrected chi connectivity index (χ4v) is 2.68. The molecule has 0 radical (unpaired) electrons. The van der Waals surface area contributed by atoms with Gasteiger partial charge in [0.1, 0.15) is 6.29 Å². The number of rotatable bonds is 3. The Morgan fingerprint density at radius 1 is 0.850 bits per heavy atom. The van der Waals surface area contributed by atoms with Gasteiger partial charge in [-0.3, -0.25) is 4.79 Å². The normalized spacial score (nSPS) is 10.7. The SMILES string of the molecule is Cc1c(Cc2ccccc2C=O)ccc2ccccc12. The zero-order chi connectivity index (χ0) is 13.9. The third-order valence-electron chi connectivity index (χ3n) is 3.87. The van der Waals surface area contributed by atoms with E-state index in [1.165, 1.54) is 21.9 Å². The Hall–Kier alpha value is -2.41. The third-order valence-corrected chi connectivity index (χ3v) is 3.87. The minimum atomic E-state index is 0.778. The molecule has 0 spiro atoms. The maximum atomic E-state index is 11.1. The predicted molar refractivity (Wildman–Crippen MR) is 83.3 cm³/mol. The fourth-order valence-electron chi connectivity index (χ4n) is 2.68. The number of fused-ring (bicyclic) bond motifs is 1. The summed E-state index contributed by atoms with van der Waals surface area (Å²) in [6, 6.07) is 20.5. The van der Waals surface area contributed by atoms with Gasteiger partial charge in [0.25, 0.3) is 0 Å². The maximum Gasteiger partial charge on any atom is 0.150 e. The van der Waals surface area contributed by atoms with Gasteiger partial charge in [0.15, 0.2) is 0 Å². The topological polar surface area (TPSA) is 17.1 Å². The van der Waals surface area contributed by atoms with Crippen LogP contribution in [0.15, 0.2) is 60.7 Å². The minimum absolute atomic E-state index is 0.778. The van der Waals surface area contributed by atoms with Gasteiger partial charge < -0.3 is 0 Å². The molecular weight excluding hydrogens is 244 g/mol. The molecule has 3 rings (SSSR count). The summed E-state index contributed by atoms with van der Waals surface area (Å²) in [5.74, 6) is 0. The molecule has 0 aliphatic rings. The highest BCUT2D eigenvalue weighted by Crippen LogP contribution is 2.24. The highest BCUT2D eigenvalue weighted by molar-refractivity contribution is 5.86. The van der Waals surface area contributed by atoms with Crippen LogP contribution in [-0.4, -0.2) is 6.29 Å². The first-order chi connectivity index (χ1) is 9.79. The molecule has 0 saturated carbocycles. The van der Waals surface area contributed by atoms with Crippen molar-refractivity contribution in [1.82, 2.24) is 0 Å². The van der Waals surface area contributed by atoms with Gasteiger partial charge >= 0.3 is 0 Å². The van der Waals surface area contributed by atoms with Crippen LogP contribution in [0, 0.1) is 6.92 Å². The van der Waals surface area contributed by atoms with Crippen LogP contribution in [-0.2, 0) is 6.42 Å². The summed E-state index contributed by atoms with van der Waals surface area (Å²) in [7, 11) is 0. The number of hydrogen-bond donors (Lipinski definition) is 0. The van der Waals surface area contributed by atoms with E-state index in [-0.39, 0.29) is 0 Å². The van der Waals surface area contributed by atoms with Gasteiger partial charge in [0.05, 0.1) is 0 Å². The molecule has 0 amide bonds. The number of carbonyl (C=O) groups excluding carboxylic acids is 1. The zero-order valence-electron chi connectivity index (χ0n) is 11.5. The van der Waals surface area contributed by atoms with Crippen molar-refractivity contribution < 1.29 is 4.79 Å². The first-order valence-electron chi connectivity index (χ1n) is 6.80. The van der Waals surface area contributed by atoms with E-state index in [0.29, 0.717) is 0 Å². The van der Waals surface area contributed by atoms with E-state index in [1.54, 1.807) is 0 Å². The average molecular weight is 260 g/mol. The monoisotopic (exact) mass is 260 g/mol. The minimum Gasteiger partial charge on any atom is -0.298 e. The molecule has 0 aliphatic heterocycles. The van der Waals surface area contributed by atoms with Gasteiger partial charge in [0.2, 0.25) is 0 Å². The highest BCUT2D eigenvalue weighted by Gasteiger charge is 2.06. The van der Waals surface area contributed by atoms with Crippen molar-refractivity contribution in [2.24, 2.45) is 0 Å². The van der Waals surface area contributed by atoms with Crippen molar-refractivity contribution in [3.8, 4) is 0 Å². The second kappa shape index (κ2) is 5.30. The number of aryl methyl sites for hydroxylation is 1. The molecule has 0 saturated heterocycles. The van der Waals surface area contributed by atoms with E-state index in [4.69, 9.17) is 0 Å². The van der Waals surface area contributed by atoms with Gasteiger partial charge in [-0.25, -0.2) is 0 Å². The summed E-state index contributed by atoms with van der Waals surface area (Å²) in [6.07, 6.45) is 1.73. The molecule has 1 nitrogen and oxygen atoms in total. The molecule has 3 aromatic carbocycles. The van der Waals surface area contributed by atoms with E-state index in [2.05, 4.69) is 43.3 Å². The summed E-state index contributed by atoms with van der Waals surface area (Å²) < 4.78 is 0. The van der Waals surface area contributed by atoms with Crippen LogP contribution in [0.2, 0.25) is 0 Å². The lowest BCUT2D eigenvalue weighted by atomic mass is 9.94. The van der Waals surface area contributed by atoms with Crippen molar-refractivity contribution in [2.45, 2.75) is 13.3 Å². The molecular formula is C19H16O. The Morgan fingerprint density at radius 2 is 1.60 bits per heavy atom. The number of hydrogen-bond acceptors (Lipinski definition) is 1. The van der Waals surface area contributed by atoms with Crippen LogP contribution in [0.25, 0.3) is 10.8 Å². The van der Waals surface area contributed by atoms with Gasteiger partial charge in [-0.2, -0.15) is 0 Å². The summed E-state index contributed by atoms with van der Waals surface area (Å²) >= 11 is 0. The predicted octanol–water partition coefficient (Wildman–Crippen LogP) is 4.55. The first-order valence-corrected chi connectivity index (χ1v) is 6.80. The van der Waals surface area contributed by atoms with Crippen LogP contribution < -0.4 is 0 Å². The van der Waals surface area contributed by atoms with Crippen LogP contribution in [0.4, 0.5) is 0 Å². The van der Waals surface area contributed by atoms with Crippen LogP contribution in [0.3, 0.4) is 0 Å². The third kappa shape index (κ3) is 2.23. The maximum absolute atomic E-state index is 11.1. The Morgan fingerprint density at radius 3 is 2.45 bits per heavy atom. The molecule has 0 unspecified atom stereocenters. The number of carbonyl (C=O) groups is 1. The molecule has 0 N–H and O–H groups in total. The van der Waals surface area contributed by atoms with Crippen LogP contribution >= 0.6 is 0 Å². The molecule has 98 valence electrons. The van der Waals surface area contributed by atoms with Crippen molar-refractivity contribution in [3.63, 3.8) is 0 Å². The standard InChI is InChI=1S/C19H16O/c1-14-16(11-10-15-6-4-5-9-19(14)15)12-17-7-2-3-8-18(17)13-20/h2-11,13H,12H2,1H3. The summed E-state index contributed by atoms with van der Waals surface area (Å²) in [5.41, 5.74) is 4.43. The smallest absolute Gasteiger partial charge is 0.150 e. The lowest BCUT2D eigenvalue weighted by Gasteiger charge is -2.11. The molecule has 0 aromatic heterocycles. The van der Waals surface area contributed by atoms with Gasteiger partial charge in [-0.15, -0.1) is 0 Å². The lowest BCUT2D eigenvalue weighted by molar-refractivity contribution is 0.112. The lowest BCUT2D eigenvalue weighted by Crippen LogP contribution is -1.97. The molecule has 1 heteroatoms. The van der Waals surface area contributed by atoms with Crippen molar-refractivity contribution in [1.29, 1.82) is 0 Å². The van der Waals surface area contributed by atoms with Crippen molar-refractivity contribution >= 4 is 17.1 Å². The van der Waals surface area contributed by atoms with Gasteiger partial charge in [-0.1, -0.05) is 60.7 Å². The number of aldehydes is 1. The molecule has 0 fully saturated rings. The quantitative estimate of drug-likeness (QED) is 0.631. The van der Waals surface area contributed by atoms with Crippen LogP contribution in [0.1, 0.15) is 27.0 Å². The summed E-state index contributed by atoms with van der Waals surface area (Å²) in [4.78, 5) is 11.1. The fraction of sp³-hybridized carbons (Fsp3) is 0.105. The van der Waals surface area contributed by atoms with E-state index in [9.17, 15) is 4.79 Å². The number of benzene rings is 3. The van der Waals surface area contributed by atoms with E-state index in [1.807, 2.05) is 24.3 Å². The molecule has 0 heterocycles. The second-order valence-corrected chi connectivity index (χ2v) is 5.06. The summed E-state index contributed by atoms with van der Waals surface area (Å²) in [6.45, 7) is 2.15. The molecule has 0 aliphatic carbocycles. The Balaban J connectivity index is 2.07. The summed E-state index contributed by atoms with van der Waals surface area (Å²) in [5, 5.41) is 2.55. The highest BCUT2D eigenvalue weighted by atomic mass is 16.1. The van der Waals surface area contributed by atoms with E-state index < -0.39 is 0 Å². The van der Waals surface area contributed by atoms with Crippen molar-refractivity contribution in [3.05, 3.63) is 82.9 Å². The Labute approximate surface area is 118 Å².